The summed E-state index contributed by atoms with van der Waals surface area (Å²) < 4.78 is 6.70. The normalized spacial score (nSPS) is 10.4. The van der Waals surface area contributed by atoms with Gasteiger partial charge in [0.25, 0.3) is 5.56 Å². The van der Waals surface area contributed by atoms with E-state index in [4.69, 9.17) is 4.74 Å². The zero-order chi connectivity index (χ0) is 19.4. The number of Topliss-reactive ketones (excluding diaryl/α,β-unsaturated/α-hetero) is 1. The summed E-state index contributed by atoms with van der Waals surface area (Å²) in [6.07, 6.45) is 3.69. The third-order valence-corrected chi connectivity index (χ3v) is 4.45. The fraction of sp³-hybridized carbons (Fsp3) is 0.130. The zero-order valence-corrected chi connectivity index (χ0v) is 15.4. The molecule has 0 aliphatic carbocycles. The van der Waals surface area contributed by atoms with E-state index in [1.54, 1.807) is 43.6 Å². The van der Waals surface area contributed by atoms with Crippen molar-refractivity contribution >= 4 is 5.78 Å². The smallest absolute Gasteiger partial charge is 0.259 e. The fourth-order valence-electron chi connectivity index (χ4n) is 3.14. The van der Waals surface area contributed by atoms with Crippen molar-refractivity contribution in [3.63, 3.8) is 0 Å². The molecule has 0 spiro atoms. The van der Waals surface area contributed by atoms with Gasteiger partial charge in [-0.2, -0.15) is 0 Å². The number of ketones is 1. The van der Waals surface area contributed by atoms with E-state index >= 15 is 0 Å². The summed E-state index contributed by atoms with van der Waals surface area (Å²) in [5.74, 6) is 0.604. The summed E-state index contributed by atoms with van der Waals surface area (Å²) in [6, 6.07) is 16.7. The molecule has 4 nitrogen and oxygen atoms in total. The first-order valence-corrected chi connectivity index (χ1v) is 8.67. The molecular weight excluding hydrogens is 338 g/mol. The third kappa shape index (κ3) is 3.60. The Morgan fingerprint density at radius 1 is 1.11 bits per heavy atom. The Balaban J connectivity index is 2.33. The van der Waals surface area contributed by atoms with Gasteiger partial charge in [0.05, 0.1) is 7.11 Å². The molecule has 2 aromatic carbocycles. The molecule has 0 fully saturated rings. The average molecular weight is 359 g/mol. The van der Waals surface area contributed by atoms with E-state index in [2.05, 4.69) is 6.58 Å². The molecular formula is C23H21NO3. The lowest BCUT2D eigenvalue weighted by atomic mass is 9.93. The Morgan fingerprint density at radius 3 is 2.33 bits per heavy atom. The van der Waals surface area contributed by atoms with Crippen molar-refractivity contribution in [2.24, 2.45) is 0 Å². The average Bonchev–Trinajstić information content (AvgIpc) is 2.70. The van der Waals surface area contributed by atoms with Gasteiger partial charge in [-0.15, -0.1) is 6.58 Å². The highest BCUT2D eigenvalue weighted by Crippen LogP contribution is 2.28. The third-order valence-electron chi connectivity index (χ3n) is 4.45. The van der Waals surface area contributed by atoms with Gasteiger partial charge in [0.15, 0.2) is 5.78 Å². The van der Waals surface area contributed by atoms with Crippen LogP contribution in [-0.4, -0.2) is 17.5 Å². The molecule has 1 heterocycles. The van der Waals surface area contributed by atoms with E-state index in [0.717, 1.165) is 5.56 Å². The molecule has 0 N–H and O–H groups in total. The van der Waals surface area contributed by atoms with Crippen molar-refractivity contribution in [2.45, 2.75) is 13.3 Å². The topological polar surface area (TPSA) is 48.3 Å². The number of allylic oxidation sites excluding steroid dienone is 1. The molecule has 3 rings (SSSR count). The van der Waals surface area contributed by atoms with E-state index in [9.17, 15) is 9.59 Å². The SMILES string of the molecule is C=CCc1c(-c2ccccc2)c(C(C)=O)cn(-c2ccc(OC)cc2)c1=O. The van der Waals surface area contributed by atoms with Gasteiger partial charge in [0, 0.05) is 28.6 Å². The summed E-state index contributed by atoms with van der Waals surface area (Å²) in [5, 5.41) is 0. The molecule has 0 amide bonds. The molecule has 0 radical (unpaired) electrons. The number of rotatable bonds is 6. The van der Waals surface area contributed by atoms with Crippen LogP contribution in [0.3, 0.4) is 0 Å². The highest BCUT2D eigenvalue weighted by atomic mass is 16.5. The van der Waals surface area contributed by atoms with Crippen LogP contribution in [0.1, 0.15) is 22.8 Å². The molecule has 0 saturated carbocycles. The Hall–Kier alpha value is -3.40. The van der Waals surface area contributed by atoms with Gasteiger partial charge in [-0.25, -0.2) is 0 Å². The van der Waals surface area contributed by atoms with Crippen molar-refractivity contribution < 1.29 is 9.53 Å². The Morgan fingerprint density at radius 2 is 1.78 bits per heavy atom. The summed E-state index contributed by atoms with van der Waals surface area (Å²) >= 11 is 0. The Labute approximate surface area is 158 Å². The standard InChI is InChI=1S/C23H21NO3/c1-4-8-20-22(17-9-6-5-7-10-17)21(16(2)25)15-24(23(20)26)18-11-13-19(27-3)14-12-18/h4-7,9-15H,1,8H2,2-3H3. The number of benzene rings is 2. The minimum atomic E-state index is -0.163. The van der Waals surface area contributed by atoms with Crippen molar-refractivity contribution in [3.05, 3.63) is 94.9 Å². The van der Waals surface area contributed by atoms with Gasteiger partial charge >= 0.3 is 0 Å². The summed E-state index contributed by atoms with van der Waals surface area (Å²) in [5.41, 5.74) is 3.10. The van der Waals surface area contributed by atoms with Crippen LogP contribution in [0.5, 0.6) is 5.75 Å². The summed E-state index contributed by atoms with van der Waals surface area (Å²) in [6.45, 7) is 5.30. The van der Waals surface area contributed by atoms with Crippen LogP contribution < -0.4 is 10.3 Å². The van der Waals surface area contributed by atoms with Crippen LogP contribution in [-0.2, 0) is 6.42 Å². The van der Waals surface area contributed by atoms with Gasteiger partial charge in [-0.3, -0.25) is 14.2 Å². The number of aromatic nitrogens is 1. The van der Waals surface area contributed by atoms with Gasteiger partial charge in [-0.05, 0) is 43.2 Å². The van der Waals surface area contributed by atoms with Crippen LogP contribution in [0.2, 0.25) is 0 Å². The molecule has 0 aliphatic heterocycles. The molecule has 0 unspecified atom stereocenters. The number of carbonyl (C=O) groups is 1. The molecule has 0 saturated heterocycles. The highest BCUT2D eigenvalue weighted by molar-refractivity contribution is 6.01. The summed E-state index contributed by atoms with van der Waals surface area (Å²) in [7, 11) is 1.59. The zero-order valence-electron chi connectivity index (χ0n) is 15.4. The maximum Gasteiger partial charge on any atom is 0.259 e. The first kappa shape index (κ1) is 18.4. The van der Waals surface area contributed by atoms with Crippen LogP contribution in [0, 0.1) is 0 Å². The maximum atomic E-state index is 13.3. The molecule has 0 aliphatic rings. The lowest BCUT2D eigenvalue weighted by Gasteiger charge is -2.17. The quantitative estimate of drug-likeness (QED) is 0.483. The predicted molar refractivity (Wildman–Crippen MR) is 108 cm³/mol. The highest BCUT2D eigenvalue weighted by Gasteiger charge is 2.19. The molecule has 1 aromatic heterocycles. The van der Waals surface area contributed by atoms with Crippen LogP contribution in [0.15, 0.2) is 78.2 Å². The Kier molecular flexibility index (Phi) is 5.36. The van der Waals surface area contributed by atoms with E-state index in [1.165, 1.54) is 11.5 Å². The number of hydrogen-bond acceptors (Lipinski definition) is 3. The maximum absolute atomic E-state index is 13.3. The number of methoxy groups -OCH3 is 1. The molecule has 0 bridgehead atoms. The fourth-order valence-corrected chi connectivity index (χ4v) is 3.14. The van der Waals surface area contributed by atoms with E-state index < -0.39 is 0 Å². The van der Waals surface area contributed by atoms with Crippen molar-refractivity contribution in [1.29, 1.82) is 0 Å². The second-order valence-electron chi connectivity index (χ2n) is 6.18. The minimum Gasteiger partial charge on any atom is -0.497 e. The molecule has 27 heavy (non-hydrogen) atoms. The first-order chi connectivity index (χ1) is 13.1. The predicted octanol–water partition coefficient (Wildman–Crippen LogP) is 4.44. The molecule has 0 atom stereocenters. The van der Waals surface area contributed by atoms with E-state index in [-0.39, 0.29) is 11.3 Å². The second kappa shape index (κ2) is 7.87. The van der Waals surface area contributed by atoms with Gasteiger partial charge in [0.1, 0.15) is 5.75 Å². The first-order valence-electron chi connectivity index (χ1n) is 8.67. The number of hydrogen-bond donors (Lipinski definition) is 0. The molecule has 3 aromatic rings. The van der Waals surface area contributed by atoms with Crippen molar-refractivity contribution in [3.8, 4) is 22.6 Å². The minimum absolute atomic E-state index is 0.0959. The second-order valence-corrected chi connectivity index (χ2v) is 6.18. The lowest BCUT2D eigenvalue weighted by molar-refractivity contribution is 0.101. The number of nitrogens with zero attached hydrogens (tertiary/aromatic N) is 1. The number of pyridine rings is 1. The van der Waals surface area contributed by atoms with Gasteiger partial charge < -0.3 is 4.74 Å². The van der Waals surface area contributed by atoms with E-state index in [1.807, 2.05) is 30.3 Å². The number of ether oxygens (including phenoxy) is 1. The molecule has 4 heteroatoms. The molecule has 136 valence electrons. The Bertz CT molecular complexity index is 1030. The van der Waals surface area contributed by atoms with Crippen LogP contribution >= 0.6 is 0 Å². The van der Waals surface area contributed by atoms with Crippen molar-refractivity contribution in [2.75, 3.05) is 7.11 Å². The summed E-state index contributed by atoms with van der Waals surface area (Å²) in [4.78, 5) is 25.7. The van der Waals surface area contributed by atoms with Gasteiger partial charge in [-0.1, -0.05) is 36.4 Å². The van der Waals surface area contributed by atoms with Crippen LogP contribution in [0.4, 0.5) is 0 Å². The van der Waals surface area contributed by atoms with Gasteiger partial charge in [0.2, 0.25) is 0 Å². The monoisotopic (exact) mass is 359 g/mol. The van der Waals surface area contributed by atoms with E-state index in [0.29, 0.717) is 34.5 Å². The largest absolute Gasteiger partial charge is 0.497 e. The number of carbonyl (C=O) groups excluding carboxylic acids is 1. The van der Waals surface area contributed by atoms with Crippen LogP contribution in [0.25, 0.3) is 16.8 Å². The lowest BCUT2D eigenvalue weighted by Crippen LogP contribution is -2.25. The van der Waals surface area contributed by atoms with Crippen molar-refractivity contribution in [1.82, 2.24) is 4.57 Å².